The van der Waals surface area contributed by atoms with Crippen LogP contribution in [0.1, 0.15) is 32.6 Å². The average molecular weight is 276 g/mol. The van der Waals surface area contributed by atoms with E-state index in [1.54, 1.807) is 0 Å². The van der Waals surface area contributed by atoms with E-state index in [1.807, 2.05) is 0 Å². The van der Waals surface area contributed by atoms with Gasteiger partial charge in [-0.15, -0.1) is 12.4 Å². The van der Waals surface area contributed by atoms with Crippen molar-refractivity contribution in [3.05, 3.63) is 0 Å². The molecular weight excluding hydrogens is 250 g/mol. The maximum absolute atomic E-state index is 11.9. The number of nitrogens with one attached hydrogen (secondary N) is 2. The Morgan fingerprint density at radius 1 is 1.39 bits per heavy atom. The zero-order valence-electron chi connectivity index (χ0n) is 11.3. The van der Waals surface area contributed by atoms with Gasteiger partial charge in [0.2, 0.25) is 5.91 Å². The Labute approximate surface area is 116 Å². The number of carbonyl (C=O) groups excluding carboxylic acids is 1. The van der Waals surface area contributed by atoms with Crippen molar-refractivity contribution < 1.29 is 4.79 Å². The zero-order chi connectivity index (χ0) is 12.1. The lowest BCUT2D eigenvalue weighted by Crippen LogP contribution is -2.45. The predicted molar refractivity (Wildman–Crippen MR) is 76.1 cm³/mol. The summed E-state index contributed by atoms with van der Waals surface area (Å²) in [4.78, 5) is 14.3. The first-order valence-electron chi connectivity index (χ1n) is 7.03. The van der Waals surface area contributed by atoms with Crippen molar-refractivity contribution in [3.8, 4) is 0 Å². The molecule has 2 aliphatic rings. The molecule has 2 N–H and O–H groups in total. The number of rotatable bonds is 4. The van der Waals surface area contributed by atoms with Crippen molar-refractivity contribution in [2.24, 2.45) is 5.92 Å². The van der Waals surface area contributed by atoms with Crippen LogP contribution in [0.25, 0.3) is 0 Å². The lowest BCUT2D eigenvalue weighted by Gasteiger charge is -2.32. The van der Waals surface area contributed by atoms with Crippen LogP contribution < -0.4 is 10.6 Å². The number of amides is 1. The van der Waals surface area contributed by atoms with Crippen molar-refractivity contribution in [3.63, 3.8) is 0 Å². The van der Waals surface area contributed by atoms with Gasteiger partial charge in [-0.25, -0.2) is 0 Å². The van der Waals surface area contributed by atoms with Crippen molar-refractivity contribution in [2.75, 3.05) is 32.7 Å². The third-order valence-corrected chi connectivity index (χ3v) is 3.99. The lowest BCUT2D eigenvalue weighted by atomic mass is 9.98. The van der Waals surface area contributed by atoms with Gasteiger partial charge in [0.25, 0.3) is 0 Å². The van der Waals surface area contributed by atoms with Crippen LogP contribution >= 0.6 is 12.4 Å². The van der Waals surface area contributed by atoms with Crippen LogP contribution in [-0.2, 0) is 4.79 Å². The fourth-order valence-corrected chi connectivity index (χ4v) is 2.88. The van der Waals surface area contributed by atoms with E-state index in [9.17, 15) is 4.79 Å². The first-order valence-corrected chi connectivity index (χ1v) is 7.03. The quantitative estimate of drug-likeness (QED) is 0.805. The zero-order valence-corrected chi connectivity index (χ0v) is 12.1. The molecule has 0 aromatic rings. The summed E-state index contributed by atoms with van der Waals surface area (Å²) >= 11 is 0. The summed E-state index contributed by atoms with van der Waals surface area (Å²) in [6.45, 7) is 7.57. The fraction of sp³-hybridized carbons (Fsp3) is 0.923. The molecule has 18 heavy (non-hydrogen) atoms. The molecule has 2 unspecified atom stereocenters. The Balaban J connectivity index is 0.00000162. The van der Waals surface area contributed by atoms with E-state index in [1.165, 1.54) is 19.4 Å². The largest absolute Gasteiger partial charge is 0.354 e. The highest BCUT2D eigenvalue weighted by Gasteiger charge is 2.24. The first kappa shape index (κ1) is 15.7. The summed E-state index contributed by atoms with van der Waals surface area (Å²) < 4.78 is 0. The topological polar surface area (TPSA) is 44.4 Å². The minimum atomic E-state index is 0. The number of carbonyl (C=O) groups is 1. The number of piperidine rings is 1. The highest BCUT2D eigenvalue weighted by Crippen LogP contribution is 2.15. The number of likely N-dealkylation sites (tertiary alicyclic amines) is 1. The molecule has 0 aromatic heterocycles. The van der Waals surface area contributed by atoms with Gasteiger partial charge in [-0.2, -0.15) is 0 Å². The fourth-order valence-electron chi connectivity index (χ4n) is 2.88. The molecule has 2 aliphatic heterocycles. The summed E-state index contributed by atoms with van der Waals surface area (Å²) in [6, 6.07) is 0.0702. The number of nitrogens with zero attached hydrogens (tertiary/aromatic N) is 1. The second-order valence-corrected chi connectivity index (χ2v) is 5.30. The summed E-state index contributed by atoms with van der Waals surface area (Å²) in [5, 5.41) is 6.35. The second kappa shape index (κ2) is 7.97. The molecule has 0 radical (unpaired) electrons. The highest BCUT2D eigenvalue weighted by atomic mass is 35.5. The molecule has 2 saturated heterocycles. The van der Waals surface area contributed by atoms with E-state index in [2.05, 4.69) is 22.5 Å². The molecule has 2 heterocycles. The third-order valence-electron chi connectivity index (χ3n) is 3.99. The standard InChI is InChI=1S/C13H25N3O.ClH/c1-2-16-8-4-5-11(10-16)9-15-13(17)12-6-3-7-14-12;/h11-12,14H,2-10H2,1H3,(H,15,17);1H. The van der Waals surface area contributed by atoms with E-state index >= 15 is 0 Å². The molecule has 2 fully saturated rings. The maximum atomic E-state index is 11.9. The Morgan fingerprint density at radius 2 is 2.22 bits per heavy atom. The average Bonchev–Trinajstić information content (AvgIpc) is 2.90. The molecule has 1 amide bonds. The van der Waals surface area contributed by atoms with Crippen LogP contribution in [-0.4, -0.2) is 49.6 Å². The molecule has 4 nitrogen and oxygen atoms in total. The molecule has 2 atom stereocenters. The van der Waals surface area contributed by atoms with Gasteiger partial charge in [-0.05, 0) is 51.2 Å². The van der Waals surface area contributed by atoms with Crippen LogP contribution in [0.4, 0.5) is 0 Å². The summed E-state index contributed by atoms with van der Waals surface area (Å²) in [6.07, 6.45) is 4.66. The van der Waals surface area contributed by atoms with Gasteiger partial charge in [0.05, 0.1) is 6.04 Å². The predicted octanol–water partition coefficient (Wildman–Crippen LogP) is 1.01. The van der Waals surface area contributed by atoms with Gasteiger partial charge in [0.1, 0.15) is 0 Å². The molecule has 2 rings (SSSR count). The SMILES string of the molecule is CCN1CCCC(CNC(=O)C2CCCN2)C1.Cl. The van der Waals surface area contributed by atoms with Crippen LogP contribution in [0.3, 0.4) is 0 Å². The smallest absolute Gasteiger partial charge is 0.237 e. The number of halogens is 1. The molecule has 0 aliphatic carbocycles. The van der Waals surface area contributed by atoms with E-state index < -0.39 is 0 Å². The van der Waals surface area contributed by atoms with Crippen molar-refractivity contribution in [2.45, 2.75) is 38.6 Å². The minimum Gasteiger partial charge on any atom is -0.354 e. The summed E-state index contributed by atoms with van der Waals surface area (Å²) in [5.41, 5.74) is 0. The molecule has 0 spiro atoms. The number of hydrogen-bond acceptors (Lipinski definition) is 3. The molecule has 5 heteroatoms. The van der Waals surface area contributed by atoms with Crippen LogP contribution in [0.2, 0.25) is 0 Å². The highest BCUT2D eigenvalue weighted by molar-refractivity contribution is 5.85. The molecular formula is C13H26ClN3O. The van der Waals surface area contributed by atoms with E-state index in [0.29, 0.717) is 5.92 Å². The Bertz CT molecular complexity index is 257. The monoisotopic (exact) mass is 275 g/mol. The van der Waals surface area contributed by atoms with Crippen molar-refractivity contribution in [1.82, 2.24) is 15.5 Å². The van der Waals surface area contributed by atoms with Gasteiger partial charge in [0, 0.05) is 13.1 Å². The van der Waals surface area contributed by atoms with Gasteiger partial charge in [-0.1, -0.05) is 6.92 Å². The Kier molecular flexibility index (Phi) is 6.97. The van der Waals surface area contributed by atoms with Gasteiger partial charge >= 0.3 is 0 Å². The van der Waals surface area contributed by atoms with E-state index in [0.717, 1.165) is 39.0 Å². The van der Waals surface area contributed by atoms with Gasteiger partial charge < -0.3 is 15.5 Å². The van der Waals surface area contributed by atoms with Crippen molar-refractivity contribution in [1.29, 1.82) is 0 Å². The first-order chi connectivity index (χ1) is 8.29. The van der Waals surface area contributed by atoms with Gasteiger partial charge in [-0.3, -0.25) is 4.79 Å². The number of hydrogen-bond donors (Lipinski definition) is 2. The van der Waals surface area contributed by atoms with Crippen LogP contribution in [0, 0.1) is 5.92 Å². The molecule has 0 bridgehead atoms. The Hall–Kier alpha value is -0.320. The third kappa shape index (κ3) is 4.41. The lowest BCUT2D eigenvalue weighted by molar-refractivity contribution is -0.123. The van der Waals surface area contributed by atoms with Crippen molar-refractivity contribution >= 4 is 18.3 Å². The van der Waals surface area contributed by atoms with Crippen LogP contribution in [0.5, 0.6) is 0 Å². The molecule has 0 saturated carbocycles. The molecule has 0 aromatic carbocycles. The van der Waals surface area contributed by atoms with Gasteiger partial charge in [0.15, 0.2) is 0 Å². The molecule has 106 valence electrons. The van der Waals surface area contributed by atoms with Crippen LogP contribution in [0.15, 0.2) is 0 Å². The minimum absolute atomic E-state index is 0. The summed E-state index contributed by atoms with van der Waals surface area (Å²) in [5.74, 6) is 0.852. The van der Waals surface area contributed by atoms with E-state index in [-0.39, 0.29) is 24.4 Å². The van der Waals surface area contributed by atoms with E-state index in [4.69, 9.17) is 0 Å². The Morgan fingerprint density at radius 3 is 2.89 bits per heavy atom. The maximum Gasteiger partial charge on any atom is 0.237 e. The summed E-state index contributed by atoms with van der Waals surface area (Å²) in [7, 11) is 0. The second-order valence-electron chi connectivity index (χ2n) is 5.30. The normalized spacial score (nSPS) is 28.7.